The molecule has 0 aromatic heterocycles. The van der Waals surface area contributed by atoms with Gasteiger partial charge in [0.1, 0.15) is 0 Å². The number of carbonyl (C=O) groups excluding carboxylic acids is 1. The Morgan fingerprint density at radius 1 is 1.30 bits per heavy atom. The first-order valence-electron chi connectivity index (χ1n) is 2.38. The first-order chi connectivity index (χ1) is 3.31. The van der Waals surface area contributed by atoms with E-state index < -0.39 is 0 Å². The van der Waals surface area contributed by atoms with E-state index in [-0.39, 0.29) is 43.2 Å². The van der Waals surface area contributed by atoms with Crippen LogP contribution in [0.2, 0.25) is 0 Å². The number of rotatable bonds is 2. The smallest absolute Gasteiger partial charge is 0.305 e. The van der Waals surface area contributed by atoms with Gasteiger partial charge >= 0.3 is 5.97 Å². The van der Waals surface area contributed by atoms with Gasteiger partial charge < -0.3 is 4.74 Å². The summed E-state index contributed by atoms with van der Waals surface area (Å²) in [6.45, 7) is 1.94. The lowest BCUT2D eigenvalue weighted by Gasteiger charge is -1.91. The predicted molar refractivity (Wildman–Crippen MR) is 48.7 cm³/mol. The van der Waals surface area contributed by atoms with E-state index in [1.165, 1.54) is 7.11 Å². The number of carbonyl (C=O) groups is 1. The summed E-state index contributed by atoms with van der Waals surface area (Å²) < 4.78 is 4.35. The van der Waals surface area contributed by atoms with Crippen molar-refractivity contribution < 1.29 is 9.53 Å². The fourth-order valence-corrected chi connectivity index (χ4v) is 0.306. The van der Waals surface area contributed by atoms with Gasteiger partial charge in [-0.1, -0.05) is 6.92 Å². The topological polar surface area (TPSA) is 26.3 Å². The largest absolute Gasteiger partial charge is 0.469 e. The molecule has 0 saturated heterocycles. The molecule has 0 atom stereocenters. The highest BCUT2D eigenvalue weighted by Crippen LogP contribution is 1.86. The minimum atomic E-state index is -0.123. The van der Waals surface area contributed by atoms with E-state index in [1.54, 1.807) is 0 Å². The first-order valence-corrected chi connectivity index (χ1v) is 2.38. The maximum absolute atomic E-state index is 10.2. The molecule has 0 aliphatic carbocycles. The number of ether oxygens (including phenoxy) is 1. The molecule has 0 amide bonds. The molecule has 0 aromatic rings. The van der Waals surface area contributed by atoms with Crippen LogP contribution in [-0.4, -0.2) is 13.1 Å². The van der Waals surface area contributed by atoms with Crippen molar-refractivity contribution in [1.29, 1.82) is 0 Å². The third-order valence-corrected chi connectivity index (χ3v) is 0.682. The van der Waals surface area contributed by atoms with Gasteiger partial charge in [0.15, 0.2) is 0 Å². The van der Waals surface area contributed by atoms with E-state index in [0.29, 0.717) is 6.42 Å². The fraction of sp³-hybridized carbons (Fsp3) is 0.800. The Balaban J connectivity index is -0.0000000600. The van der Waals surface area contributed by atoms with E-state index >= 15 is 0 Å². The zero-order valence-corrected chi connectivity index (χ0v) is 8.40. The molecule has 0 heterocycles. The summed E-state index contributed by atoms with van der Waals surface area (Å²) in [4.78, 5) is 10.2. The van der Waals surface area contributed by atoms with Gasteiger partial charge in [0.2, 0.25) is 0 Å². The summed E-state index contributed by atoms with van der Waals surface area (Å²) in [6, 6.07) is 0. The molecule has 0 saturated carbocycles. The zero-order chi connectivity index (χ0) is 5.70. The molecule has 66 valence electrons. The summed E-state index contributed by atoms with van der Waals surface area (Å²) in [5.41, 5.74) is 0. The molecule has 0 aliphatic heterocycles. The van der Waals surface area contributed by atoms with Crippen LogP contribution in [0.25, 0.3) is 0 Å². The molecular formula is C5H13Cl3O2. The summed E-state index contributed by atoms with van der Waals surface area (Å²) in [5.74, 6) is -0.123. The molecule has 0 aliphatic rings. The van der Waals surface area contributed by atoms with E-state index in [9.17, 15) is 4.79 Å². The van der Waals surface area contributed by atoms with Crippen molar-refractivity contribution in [3.63, 3.8) is 0 Å². The van der Waals surface area contributed by atoms with Crippen LogP contribution in [0, 0.1) is 0 Å². The van der Waals surface area contributed by atoms with Crippen molar-refractivity contribution >= 4 is 43.2 Å². The molecule has 0 radical (unpaired) electrons. The predicted octanol–water partition coefficient (Wildman–Crippen LogP) is 2.22. The summed E-state index contributed by atoms with van der Waals surface area (Å²) in [5, 5.41) is 0. The third-order valence-electron chi connectivity index (χ3n) is 0.682. The van der Waals surface area contributed by atoms with Gasteiger partial charge in [-0.05, 0) is 6.42 Å². The molecule has 0 unspecified atom stereocenters. The second-order valence-electron chi connectivity index (χ2n) is 1.33. The lowest BCUT2D eigenvalue weighted by molar-refractivity contribution is -0.140. The van der Waals surface area contributed by atoms with Crippen molar-refractivity contribution in [1.82, 2.24) is 0 Å². The van der Waals surface area contributed by atoms with Gasteiger partial charge in [-0.2, -0.15) is 0 Å². The Kier molecular flexibility index (Phi) is 36.3. The van der Waals surface area contributed by atoms with Gasteiger partial charge in [-0.25, -0.2) is 0 Å². The van der Waals surface area contributed by atoms with Crippen molar-refractivity contribution in [2.75, 3.05) is 7.11 Å². The minimum absolute atomic E-state index is 0. The molecule has 5 heteroatoms. The lowest BCUT2D eigenvalue weighted by Crippen LogP contribution is -1.97. The number of halogens is 3. The van der Waals surface area contributed by atoms with Gasteiger partial charge in [0, 0.05) is 6.42 Å². The average molecular weight is 212 g/mol. The van der Waals surface area contributed by atoms with Crippen LogP contribution in [-0.2, 0) is 9.53 Å². The summed E-state index contributed by atoms with van der Waals surface area (Å²) >= 11 is 0. The monoisotopic (exact) mass is 210 g/mol. The molecule has 0 spiro atoms. The van der Waals surface area contributed by atoms with Gasteiger partial charge in [-0.3, -0.25) is 4.79 Å². The van der Waals surface area contributed by atoms with Crippen LogP contribution in [0.15, 0.2) is 0 Å². The Labute approximate surface area is 79.9 Å². The fourth-order valence-electron chi connectivity index (χ4n) is 0.306. The molecule has 2 nitrogen and oxygen atoms in total. The minimum Gasteiger partial charge on any atom is -0.469 e. The van der Waals surface area contributed by atoms with Gasteiger partial charge in [-0.15, -0.1) is 37.2 Å². The average Bonchev–Trinajstić information content (AvgIpc) is 1.68. The van der Waals surface area contributed by atoms with Crippen molar-refractivity contribution in [2.24, 2.45) is 0 Å². The van der Waals surface area contributed by atoms with E-state index in [2.05, 4.69) is 4.74 Å². The normalized spacial score (nSPS) is 5.80. The van der Waals surface area contributed by atoms with Crippen LogP contribution in [0.1, 0.15) is 19.8 Å². The maximum atomic E-state index is 10.2. The van der Waals surface area contributed by atoms with Crippen molar-refractivity contribution in [2.45, 2.75) is 19.8 Å². The van der Waals surface area contributed by atoms with Crippen molar-refractivity contribution in [3.8, 4) is 0 Å². The second-order valence-corrected chi connectivity index (χ2v) is 1.33. The maximum Gasteiger partial charge on any atom is 0.305 e. The molecule has 0 bridgehead atoms. The quantitative estimate of drug-likeness (QED) is 0.655. The van der Waals surface area contributed by atoms with Gasteiger partial charge in [0.25, 0.3) is 0 Å². The van der Waals surface area contributed by atoms with Crippen LogP contribution in [0.3, 0.4) is 0 Å². The Bertz CT molecular complexity index is 67.9. The van der Waals surface area contributed by atoms with E-state index in [4.69, 9.17) is 0 Å². The SMILES string of the molecule is CCCC(=O)OC.Cl.Cl.Cl. The number of hydrogen-bond donors (Lipinski definition) is 0. The van der Waals surface area contributed by atoms with Crippen LogP contribution >= 0.6 is 37.2 Å². The highest BCUT2D eigenvalue weighted by Gasteiger charge is 1.92. The van der Waals surface area contributed by atoms with Crippen LogP contribution in [0.4, 0.5) is 0 Å². The third kappa shape index (κ3) is 15.8. The molecule has 0 N–H and O–H groups in total. The molecule has 10 heavy (non-hydrogen) atoms. The standard InChI is InChI=1S/C5H10O2.3ClH/c1-3-4-5(6)7-2;;;/h3-4H2,1-2H3;3*1H. The number of hydrogen-bond acceptors (Lipinski definition) is 2. The Hall–Kier alpha value is 0.340. The van der Waals surface area contributed by atoms with E-state index in [1.807, 2.05) is 6.92 Å². The molecular weight excluding hydrogens is 198 g/mol. The molecule has 0 rings (SSSR count). The van der Waals surface area contributed by atoms with Crippen LogP contribution in [0.5, 0.6) is 0 Å². The highest BCUT2D eigenvalue weighted by molar-refractivity contribution is 5.86. The highest BCUT2D eigenvalue weighted by atomic mass is 35.5. The number of methoxy groups -OCH3 is 1. The first kappa shape index (κ1) is 22.4. The van der Waals surface area contributed by atoms with Crippen molar-refractivity contribution in [3.05, 3.63) is 0 Å². The Morgan fingerprint density at radius 3 is 1.80 bits per heavy atom. The lowest BCUT2D eigenvalue weighted by atomic mass is 10.3. The second kappa shape index (κ2) is 16.2. The Morgan fingerprint density at radius 2 is 1.70 bits per heavy atom. The van der Waals surface area contributed by atoms with E-state index in [0.717, 1.165) is 6.42 Å². The summed E-state index contributed by atoms with van der Waals surface area (Å²) in [7, 11) is 1.40. The van der Waals surface area contributed by atoms with Crippen LogP contribution < -0.4 is 0 Å². The molecule has 0 fully saturated rings. The summed E-state index contributed by atoms with van der Waals surface area (Å²) in [6.07, 6.45) is 1.41. The van der Waals surface area contributed by atoms with Gasteiger partial charge in [0.05, 0.1) is 7.11 Å². The molecule has 0 aromatic carbocycles. The number of esters is 1. The zero-order valence-electron chi connectivity index (χ0n) is 5.96.